The van der Waals surface area contributed by atoms with Crippen molar-refractivity contribution in [3.63, 3.8) is 0 Å². The molecule has 0 spiro atoms. The van der Waals surface area contributed by atoms with Crippen LogP contribution in [0.1, 0.15) is 35.3 Å². The van der Waals surface area contributed by atoms with E-state index in [1.54, 1.807) is 17.5 Å². The molecule has 104 valence electrons. The number of amides is 1. The first kappa shape index (κ1) is 13.2. The molecule has 1 amide bonds. The Labute approximate surface area is 122 Å². The standard InChI is InChI=1S/C15H17N3OS/c1-10-6-7-16-15(17-10)14(11-4-5-11)18-13(19)9-12-3-2-8-20-12/h2-3,6-8,11,14H,4-5,9H2,1H3,(H,18,19). The van der Waals surface area contributed by atoms with Crippen molar-refractivity contribution in [2.45, 2.75) is 32.2 Å². The summed E-state index contributed by atoms with van der Waals surface area (Å²) in [5.41, 5.74) is 0.938. The van der Waals surface area contributed by atoms with Crippen molar-refractivity contribution in [2.24, 2.45) is 5.92 Å². The van der Waals surface area contributed by atoms with Crippen molar-refractivity contribution < 1.29 is 4.79 Å². The first-order chi connectivity index (χ1) is 9.72. The van der Waals surface area contributed by atoms with Gasteiger partial charge in [-0.15, -0.1) is 11.3 Å². The molecular formula is C15H17N3OS. The zero-order valence-electron chi connectivity index (χ0n) is 11.4. The monoisotopic (exact) mass is 287 g/mol. The van der Waals surface area contributed by atoms with Crippen molar-refractivity contribution in [1.29, 1.82) is 0 Å². The number of nitrogens with one attached hydrogen (secondary N) is 1. The average molecular weight is 287 g/mol. The van der Waals surface area contributed by atoms with Gasteiger partial charge in [0.25, 0.3) is 0 Å². The number of hydrogen-bond acceptors (Lipinski definition) is 4. The molecule has 1 aliphatic rings. The molecule has 0 aromatic carbocycles. The second kappa shape index (κ2) is 5.71. The van der Waals surface area contributed by atoms with Crippen LogP contribution in [0, 0.1) is 12.8 Å². The maximum absolute atomic E-state index is 12.2. The molecule has 1 unspecified atom stereocenters. The summed E-state index contributed by atoms with van der Waals surface area (Å²) in [6.45, 7) is 1.95. The highest BCUT2D eigenvalue weighted by atomic mass is 32.1. The fourth-order valence-corrected chi connectivity index (χ4v) is 2.94. The molecule has 2 heterocycles. The second-order valence-electron chi connectivity index (χ2n) is 5.19. The third kappa shape index (κ3) is 3.22. The van der Waals surface area contributed by atoms with Crippen LogP contribution in [0.2, 0.25) is 0 Å². The van der Waals surface area contributed by atoms with Crippen LogP contribution in [0.15, 0.2) is 29.8 Å². The molecule has 5 heteroatoms. The van der Waals surface area contributed by atoms with Crippen LogP contribution >= 0.6 is 11.3 Å². The lowest BCUT2D eigenvalue weighted by Crippen LogP contribution is -2.32. The third-order valence-electron chi connectivity index (χ3n) is 3.42. The van der Waals surface area contributed by atoms with Crippen LogP contribution in [-0.2, 0) is 11.2 Å². The number of aromatic nitrogens is 2. The summed E-state index contributed by atoms with van der Waals surface area (Å²) in [6, 6.07) is 5.79. The topological polar surface area (TPSA) is 54.9 Å². The van der Waals surface area contributed by atoms with Crippen molar-refractivity contribution >= 4 is 17.2 Å². The Morgan fingerprint density at radius 3 is 3.00 bits per heavy atom. The maximum atomic E-state index is 12.2. The molecule has 2 aromatic heterocycles. The van der Waals surface area contributed by atoms with Gasteiger partial charge in [0.05, 0.1) is 12.5 Å². The molecule has 1 N–H and O–H groups in total. The van der Waals surface area contributed by atoms with Crippen LogP contribution in [0.5, 0.6) is 0 Å². The van der Waals surface area contributed by atoms with Gasteiger partial charge < -0.3 is 5.32 Å². The van der Waals surface area contributed by atoms with E-state index in [4.69, 9.17) is 0 Å². The van der Waals surface area contributed by atoms with Crippen LogP contribution < -0.4 is 5.32 Å². The lowest BCUT2D eigenvalue weighted by atomic mass is 10.1. The zero-order chi connectivity index (χ0) is 13.9. The summed E-state index contributed by atoms with van der Waals surface area (Å²) in [5, 5.41) is 5.09. The van der Waals surface area contributed by atoms with Crippen LogP contribution in [-0.4, -0.2) is 15.9 Å². The van der Waals surface area contributed by atoms with Gasteiger partial charge >= 0.3 is 0 Å². The minimum absolute atomic E-state index is 0.0395. The number of rotatable bonds is 5. The lowest BCUT2D eigenvalue weighted by Gasteiger charge is -2.17. The van der Waals surface area contributed by atoms with Gasteiger partial charge in [-0.3, -0.25) is 4.79 Å². The Morgan fingerprint density at radius 1 is 1.50 bits per heavy atom. The fourth-order valence-electron chi connectivity index (χ4n) is 2.24. The normalized spacial score (nSPS) is 15.8. The second-order valence-corrected chi connectivity index (χ2v) is 6.23. The van der Waals surface area contributed by atoms with E-state index in [1.807, 2.05) is 30.5 Å². The van der Waals surface area contributed by atoms with Crippen molar-refractivity contribution in [3.05, 3.63) is 46.2 Å². The first-order valence-electron chi connectivity index (χ1n) is 6.83. The molecule has 1 aliphatic carbocycles. The van der Waals surface area contributed by atoms with Crippen LogP contribution in [0.25, 0.3) is 0 Å². The van der Waals surface area contributed by atoms with Gasteiger partial charge in [0.15, 0.2) is 5.82 Å². The van der Waals surface area contributed by atoms with Crippen LogP contribution in [0.4, 0.5) is 0 Å². The van der Waals surface area contributed by atoms with E-state index in [-0.39, 0.29) is 11.9 Å². The maximum Gasteiger partial charge on any atom is 0.225 e. The zero-order valence-corrected chi connectivity index (χ0v) is 12.2. The molecular weight excluding hydrogens is 270 g/mol. The molecule has 0 aliphatic heterocycles. The van der Waals surface area contributed by atoms with E-state index < -0.39 is 0 Å². The molecule has 20 heavy (non-hydrogen) atoms. The summed E-state index contributed by atoms with van der Waals surface area (Å²) >= 11 is 1.61. The van der Waals surface area contributed by atoms with Gasteiger partial charge in [0, 0.05) is 16.8 Å². The highest BCUT2D eigenvalue weighted by Gasteiger charge is 2.35. The van der Waals surface area contributed by atoms with Crippen molar-refractivity contribution in [2.75, 3.05) is 0 Å². The Hall–Kier alpha value is -1.75. The Kier molecular flexibility index (Phi) is 3.78. The molecule has 0 bridgehead atoms. The van der Waals surface area contributed by atoms with Crippen molar-refractivity contribution in [1.82, 2.24) is 15.3 Å². The van der Waals surface area contributed by atoms with E-state index in [0.717, 1.165) is 29.2 Å². The van der Waals surface area contributed by atoms with E-state index in [1.165, 1.54) is 0 Å². The van der Waals surface area contributed by atoms with Gasteiger partial charge in [0.2, 0.25) is 5.91 Å². The fraction of sp³-hybridized carbons (Fsp3) is 0.400. The molecule has 1 saturated carbocycles. The number of carbonyl (C=O) groups is 1. The van der Waals surface area contributed by atoms with Crippen molar-refractivity contribution in [3.8, 4) is 0 Å². The van der Waals surface area contributed by atoms with Gasteiger partial charge in [-0.2, -0.15) is 0 Å². The summed E-state index contributed by atoms with van der Waals surface area (Å²) in [4.78, 5) is 22.0. The highest BCUT2D eigenvalue weighted by Crippen LogP contribution is 2.39. The SMILES string of the molecule is Cc1ccnc(C(NC(=O)Cc2cccs2)C2CC2)n1. The largest absolute Gasteiger partial charge is 0.345 e. The highest BCUT2D eigenvalue weighted by molar-refractivity contribution is 7.10. The molecule has 1 atom stereocenters. The number of nitrogens with zero attached hydrogens (tertiary/aromatic N) is 2. The van der Waals surface area contributed by atoms with Gasteiger partial charge in [-0.1, -0.05) is 6.07 Å². The van der Waals surface area contributed by atoms with E-state index in [0.29, 0.717) is 12.3 Å². The molecule has 2 aromatic rings. The van der Waals surface area contributed by atoms with Gasteiger partial charge in [0.1, 0.15) is 0 Å². The average Bonchev–Trinajstić information content (AvgIpc) is 3.14. The number of carbonyl (C=O) groups excluding carboxylic acids is 1. The smallest absolute Gasteiger partial charge is 0.225 e. The summed E-state index contributed by atoms with van der Waals surface area (Å²) in [7, 11) is 0. The predicted molar refractivity (Wildman–Crippen MR) is 78.4 cm³/mol. The van der Waals surface area contributed by atoms with E-state index >= 15 is 0 Å². The quantitative estimate of drug-likeness (QED) is 0.920. The Balaban J connectivity index is 1.70. The minimum atomic E-state index is -0.0395. The summed E-state index contributed by atoms with van der Waals surface area (Å²) in [5.74, 6) is 1.28. The molecule has 0 saturated heterocycles. The number of aryl methyl sites for hydroxylation is 1. The van der Waals surface area contributed by atoms with Gasteiger partial charge in [-0.05, 0) is 43.2 Å². The van der Waals surface area contributed by atoms with Gasteiger partial charge in [-0.25, -0.2) is 9.97 Å². The number of thiophene rings is 1. The lowest BCUT2D eigenvalue weighted by molar-refractivity contribution is -0.121. The number of hydrogen-bond donors (Lipinski definition) is 1. The Bertz CT molecular complexity index is 593. The van der Waals surface area contributed by atoms with E-state index in [9.17, 15) is 4.79 Å². The van der Waals surface area contributed by atoms with Crippen LogP contribution in [0.3, 0.4) is 0 Å². The summed E-state index contributed by atoms with van der Waals surface area (Å²) in [6.07, 6.45) is 4.48. The molecule has 0 radical (unpaired) electrons. The van der Waals surface area contributed by atoms with E-state index in [2.05, 4.69) is 15.3 Å². The molecule has 3 rings (SSSR count). The first-order valence-corrected chi connectivity index (χ1v) is 7.71. The molecule has 1 fully saturated rings. The third-order valence-corrected chi connectivity index (χ3v) is 4.29. The minimum Gasteiger partial charge on any atom is -0.345 e. The Morgan fingerprint density at radius 2 is 2.35 bits per heavy atom. The summed E-state index contributed by atoms with van der Waals surface area (Å²) < 4.78 is 0. The predicted octanol–water partition coefficient (Wildman–Crippen LogP) is 2.66. The molecule has 4 nitrogen and oxygen atoms in total.